The predicted octanol–water partition coefficient (Wildman–Crippen LogP) is 6.66. The number of hydrogen-bond donors (Lipinski definition) is 3. The molecule has 0 saturated heterocycles. The number of aromatic amines is 1. The van der Waals surface area contributed by atoms with Crippen LogP contribution in [0.15, 0.2) is 47.5 Å². The van der Waals surface area contributed by atoms with Gasteiger partial charge in [0.05, 0.1) is 41.9 Å². The lowest BCUT2D eigenvalue weighted by molar-refractivity contribution is -0.142. The Bertz CT molecular complexity index is 2000. The number of aromatic nitrogens is 5. The van der Waals surface area contributed by atoms with Gasteiger partial charge in [0.2, 0.25) is 0 Å². The number of aliphatic hydroxyl groups is 1. The van der Waals surface area contributed by atoms with Crippen molar-refractivity contribution in [1.29, 1.82) is 0 Å². The van der Waals surface area contributed by atoms with Crippen molar-refractivity contribution in [2.75, 3.05) is 18.5 Å². The molecule has 10 atom stereocenters. The molecule has 4 fully saturated rings. The van der Waals surface area contributed by atoms with Crippen LogP contribution in [-0.4, -0.2) is 55.5 Å². The van der Waals surface area contributed by atoms with E-state index in [0.717, 1.165) is 48.3 Å². The monoisotopic (exact) mass is 696 g/mol. The number of halogens is 1. The lowest BCUT2D eigenvalue weighted by Crippen LogP contribution is -2.54. The van der Waals surface area contributed by atoms with Crippen LogP contribution in [0.1, 0.15) is 101 Å². The van der Waals surface area contributed by atoms with Gasteiger partial charge in [-0.1, -0.05) is 26.0 Å². The first-order valence-electron chi connectivity index (χ1n) is 19.0. The number of benzene rings is 2. The minimum Gasteiger partial charge on any atom is -0.491 e. The third-order valence-corrected chi connectivity index (χ3v) is 14.3. The molecule has 11 heteroatoms. The third-order valence-electron chi connectivity index (χ3n) is 14.3. The van der Waals surface area contributed by atoms with E-state index in [-0.39, 0.29) is 29.1 Å². The van der Waals surface area contributed by atoms with Crippen LogP contribution in [-0.2, 0) is 11.8 Å². The van der Waals surface area contributed by atoms with Crippen LogP contribution < -0.4 is 15.6 Å². The second kappa shape index (κ2) is 12.4. The molecule has 4 saturated carbocycles. The fourth-order valence-electron chi connectivity index (χ4n) is 11.8. The Labute approximate surface area is 297 Å². The van der Waals surface area contributed by atoms with Crippen LogP contribution in [0.2, 0.25) is 0 Å². The second-order valence-corrected chi connectivity index (χ2v) is 16.6. The van der Waals surface area contributed by atoms with Crippen molar-refractivity contribution < 1.29 is 19.0 Å². The summed E-state index contributed by atoms with van der Waals surface area (Å²) in [5, 5.41) is 26.0. The van der Waals surface area contributed by atoms with Crippen LogP contribution in [0, 0.1) is 40.3 Å². The first-order valence-corrected chi connectivity index (χ1v) is 19.0. The summed E-state index contributed by atoms with van der Waals surface area (Å²) in [5.41, 5.74) is 2.25. The zero-order valence-corrected chi connectivity index (χ0v) is 29.8. The normalized spacial score (nSPS) is 35.5. The van der Waals surface area contributed by atoms with Crippen molar-refractivity contribution in [3.63, 3.8) is 0 Å². The van der Waals surface area contributed by atoms with E-state index in [0.29, 0.717) is 47.1 Å². The summed E-state index contributed by atoms with van der Waals surface area (Å²) in [6.45, 7) is 6.08. The maximum Gasteiger partial charge on any atom is 0.272 e. The van der Waals surface area contributed by atoms with E-state index in [1.54, 1.807) is 4.68 Å². The van der Waals surface area contributed by atoms with Gasteiger partial charge < -0.3 is 19.9 Å². The summed E-state index contributed by atoms with van der Waals surface area (Å²) in [4.78, 5) is 17.2. The standard InChI is InChI=1S/C40H49FN6O4/c1-39-14-12-25(48)18-23(39)6-9-27-29-10-11-32(40(29,2)15-13-30(27)39)51-17-16-50-26-7-4-22(5-8-26)35-34(37-42-21-43-47(37)3)36-33-28(38(49)46-45-36)19-24(41)20-31(33)44-35/h4-5,7-8,19-21,23,25,27,29-30,32,34-35,44,48H,6,9-18H2,1-3H3,(H,46,49)/t23-,25-,27-,29-,30-,32-,34+,35?,39-,40-/m0/s1. The molecule has 9 rings (SSSR count). The number of aryl methyl sites for hydroxylation is 1. The van der Waals surface area contributed by atoms with E-state index >= 15 is 0 Å². The third kappa shape index (κ3) is 5.32. The van der Waals surface area contributed by atoms with Gasteiger partial charge in [0.15, 0.2) is 0 Å². The maximum atomic E-state index is 14.7. The van der Waals surface area contributed by atoms with Gasteiger partial charge >= 0.3 is 0 Å². The van der Waals surface area contributed by atoms with Gasteiger partial charge in [-0.15, -0.1) is 0 Å². The molecule has 51 heavy (non-hydrogen) atoms. The summed E-state index contributed by atoms with van der Waals surface area (Å²) >= 11 is 0. The molecule has 3 N–H and O–H groups in total. The molecule has 0 amide bonds. The molecular formula is C40H49FN6O4. The number of ether oxygens (including phenoxy) is 2. The molecule has 2 aromatic heterocycles. The van der Waals surface area contributed by atoms with E-state index in [4.69, 9.17) is 9.47 Å². The molecule has 1 unspecified atom stereocenters. The Morgan fingerprint density at radius 1 is 1.00 bits per heavy atom. The molecule has 0 bridgehead atoms. The molecule has 10 nitrogen and oxygen atoms in total. The summed E-state index contributed by atoms with van der Waals surface area (Å²) in [5.74, 6) is 3.52. The smallest absolute Gasteiger partial charge is 0.272 e. The van der Waals surface area contributed by atoms with Crippen molar-refractivity contribution in [2.45, 2.75) is 95.8 Å². The van der Waals surface area contributed by atoms with Crippen molar-refractivity contribution in [1.82, 2.24) is 25.0 Å². The highest BCUT2D eigenvalue weighted by Gasteiger charge is 2.60. The summed E-state index contributed by atoms with van der Waals surface area (Å²) in [6, 6.07) is 10.2. The Balaban J connectivity index is 0.860. The van der Waals surface area contributed by atoms with E-state index in [9.17, 15) is 14.3 Å². The molecule has 270 valence electrons. The zero-order valence-electron chi connectivity index (χ0n) is 29.8. The fourth-order valence-corrected chi connectivity index (χ4v) is 11.8. The predicted molar refractivity (Wildman–Crippen MR) is 191 cm³/mol. The second-order valence-electron chi connectivity index (χ2n) is 16.6. The molecule has 3 heterocycles. The highest BCUT2D eigenvalue weighted by atomic mass is 19.1. The Morgan fingerprint density at radius 2 is 1.80 bits per heavy atom. The van der Waals surface area contributed by atoms with Crippen LogP contribution >= 0.6 is 0 Å². The lowest BCUT2D eigenvalue weighted by Gasteiger charge is -2.60. The van der Waals surface area contributed by atoms with E-state index in [1.165, 1.54) is 57.0 Å². The minimum atomic E-state index is -0.494. The van der Waals surface area contributed by atoms with Gasteiger partial charge in [-0.2, -0.15) is 10.2 Å². The first kappa shape index (κ1) is 33.0. The Hall–Kier alpha value is -3.83. The lowest BCUT2D eigenvalue weighted by atomic mass is 9.45. The van der Waals surface area contributed by atoms with Gasteiger partial charge in [-0.3, -0.25) is 9.48 Å². The molecule has 0 spiro atoms. The zero-order chi connectivity index (χ0) is 35.1. The van der Waals surface area contributed by atoms with Crippen molar-refractivity contribution >= 4 is 16.5 Å². The van der Waals surface area contributed by atoms with Crippen molar-refractivity contribution in [3.8, 4) is 5.75 Å². The van der Waals surface area contributed by atoms with Crippen LogP contribution in [0.25, 0.3) is 10.8 Å². The Kier molecular flexibility index (Phi) is 8.03. The number of hydrogen-bond acceptors (Lipinski definition) is 8. The van der Waals surface area contributed by atoms with Crippen LogP contribution in [0.3, 0.4) is 0 Å². The number of fused-ring (bicyclic) bond motifs is 5. The first-order chi connectivity index (χ1) is 24.6. The summed E-state index contributed by atoms with van der Waals surface area (Å²) in [6.07, 6.45) is 12.3. The number of nitrogens with one attached hydrogen (secondary N) is 2. The van der Waals surface area contributed by atoms with E-state index < -0.39 is 17.3 Å². The molecule has 5 aliphatic rings. The quantitative estimate of drug-likeness (QED) is 0.183. The van der Waals surface area contributed by atoms with Crippen molar-refractivity contribution in [3.05, 3.63) is 76.0 Å². The maximum absolute atomic E-state index is 14.7. The van der Waals surface area contributed by atoms with Crippen LogP contribution in [0.4, 0.5) is 10.1 Å². The molecular weight excluding hydrogens is 647 g/mol. The number of nitrogens with zero attached hydrogens (tertiary/aromatic N) is 4. The van der Waals surface area contributed by atoms with E-state index in [1.807, 2.05) is 31.3 Å². The number of anilines is 1. The topological polar surface area (TPSA) is 127 Å². The van der Waals surface area contributed by atoms with Gasteiger partial charge in [0.1, 0.15) is 30.3 Å². The highest BCUT2D eigenvalue weighted by Crippen LogP contribution is 2.66. The SMILES string of the molecule is Cn1ncnc1[C@H]1c2n[nH]c(=O)c3cc(F)cc(c23)NC1c1ccc(OCCO[C@H]2CC[C@H]3[C@@H]4CC[C@H]5C[C@@H](O)CC[C@]5(C)[C@H]4CC[C@]23C)cc1. The van der Waals surface area contributed by atoms with Crippen LogP contribution in [0.5, 0.6) is 5.75 Å². The van der Waals surface area contributed by atoms with Gasteiger partial charge in [0, 0.05) is 18.1 Å². The molecule has 2 aromatic carbocycles. The number of aliphatic hydroxyl groups excluding tert-OH is 1. The fraction of sp³-hybridized carbons (Fsp3) is 0.600. The molecule has 4 aliphatic carbocycles. The van der Waals surface area contributed by atoms with Gasteiger partial charge in [-0.05, 0) is 122 Å². The molecule has 1 aliphatic heterocycles. The largest absolute Gasteiger partial charge is 0.491 e. The average molecular weight is 697 g/mol. The summed E-state index contributed by atoms with van der Waals surface area (Å²) in [7, 11) is 1.83. The van der Waals surface area contributed by atoms with Gasteiger partial charge in [-0.25, -0.2) is 14.5 Å². The highest BCUT2D eigenvalue weighted by molar-refractivity contribution is 5.97. The molecule has 4 aromatic rings. The molecule has 0 radical (unpaired) electrons. The summed E-state index contributed by atoms with van der Waals surface area (Å²) < 4.78 is 29.2. The number of H-pyrrole nitrogens is 1. The van der Waals surface area contributed by atoms with Crippen molar-refractivity contribution in [2.24, 2.45) is 41.5 Å². The van der Waals surface area contributed by atoms with E-state index in [2.05, 4.69) is 39.4 Å². The van der Waals surface area contributed by atoms with Gasteiger partial charge in [0.25, 0.3) is 5.56 Å². The minimum absolute atomic E-state index is 0.0957. The number of rotatable bonds is 7. The Morgan fingerprint density at radius 3 is 2.61 bits per heavy atom. The average Bonchev–Trinajstić information content (AvgIpc) is 3.70.